The van der Waals surface area contributed by atoms with E-state index in [1.165, 1.54) is 6.21 Å². The molecule has 0 bridgehead atoms. The SMILES string of the molecule is Cc1cccc(C(=O)Oc2ccc(Br)cc2/C=N/NC(=O)COc2ccc3ccccc3c2)c1. The normalized spacial score (nSPS) is 10.9. The van der Waals surface area contributed by atoms with Crippen molar-refractivity contribution in [3.05, 3.63) is 106 Å². The Morgan fingerprint density at radius 2 is 1.76 bits per heavy atom. The zero-order valence-corrected chi connectivity index (χ0v) is 19.9. The minimum Gasteiger partial charge on any atom is -0.484 e. The van der Waals surface area contributed by atoms with Gasteiger partial charge in [0.1, 0.15) is 11.5 Å². The highest BCUT2D eigenvalue weighted by Gasteiger charge is 2.12. The van der Waals surface area contributed by atoms with Crippen LogP contribution in [-0.4, -0.2) is 24.7 Å². The van der Waals surface area contributed by atoms with E-state index in [0.717, 1.165) is 20.8 Å². The number of ether oxygens (including phenoxy) is 2. The van der Waals surface area contributed by atoms with E-state index in [1.807, 2.05) is 55.5 Å². The third-order valence-corrected chi connectivity index (χ3v) is 5.41. The Labute approximate surface area is 205 Å². The fraction of sp³-hybridized carbons (Fsp3) is 0.0741. The highest BCUT2D eigenvalue weighted by Crippen LogP contribution is 2.23. The molecule has 0 aromatic heterocycles. The van der Waals surface area contributed by atoms with Crippen molar-refractivity contribution in [2.24, 2.45) is 5.10 Å². The number of carbonyl (C=O) groups is 2. The molecule has 0 atom stereocenters. The summed E-state index contributed by atoms with van der Waals surface area (Å²) < 4.78 is 11.9. The molecule has 34 heavy (non-hydrogen) atoms. The van der Waals surface area contributed by atoms with Crippen LogP contribution in [0.5, 0.6) is 11.5 Å². The number of hydrogen-bond acceptors (Lipinski definition) is 5. The molecule has 0 aliphatic rings. The summed E-state index contributed by atoms with van der Waals surface area (Å²) in [5.41, 5.74) is 4.35. The second kappa shape index (κ2) is 10.8. The third kappa shape index (κ3) is 6.08. The van der Waals surface area contributed by atoms with Crippen molar-refractivity contribution < 1.29 is 19.1 Å². The molecule has 170 valence electrons. The molecule has 1 N–H and O–H groups in total. The number of halogens is 1. The number of nitrogens with zero attached hydrogens (tertiary/aromatic N) is 1. The van der Waals surface area contributed by atoms with Crippen LogP contribution in [0.3, 0.4) is 0 Å². The second-order valence-corrected chi connectivity index (χ2v) is 8.45. The Balaban J connectivity index is 1.37. The smallest absolute Gasteiger partial charge is 0.343 e. The van der Waals surface area contributed by atoms with Gasteiger partial charge in [0.25, 0.3) is 5.91 Å². The number of hydrazone groups is 1. The van der Waals surface area contributed by atoms with Crippen LogP contribution < -0.4 is 14.9 Å². The van der Waals surface area contributed by atoms with Crippen LogP contribution in [0.1, 0.15) is 21.5 Å². The first-order chi connectivity index (χ1) is 16.5. The van der Waals surface area contributed by atoms with Crippen LogP contribution in [0.4, 0.5) is 0 Å². The van der Waals surface area contributed by atoms with Gasteiger partial charge in [0.2, 0.25) is 0 Å². The summed E-state index contributed by atoms with van der Waals surface area (Å²) >= 11 is 3.40. The monoisotopic (exact) mass is 516 g/mol. The average Bonchev–Trinajstić information content (AvgIpc) is 2.84. The molecule has 0 heterocycles. The fourth-order valence-electron chi connectivity index (χ4n) is 3.26. The minimum atomic E-state index is -0.478. The van der Waals surface area contributed by atoms with Crippen LogP contribution in [0.15, 0.2) is 94.5 Å². The van der Waals surface area contributed by atoms with E-state index in [-0.39, 0.29) is 6.61 Å². The lowest BCUT2D eigenvalue weighted by atomic mass is 10.1. The second-order valence-electron chi connectivity index (χ2n) is 7.53. The third-order valence-electron chi connectivity index (χ3n) is 4.91. The van der Waals surface area contributed by atoms with Crippen LogP contribution >= 0.6 is 15.9 Å². The molecule has 0 unspecified atom stereocenters. The van der Waals surface area contributed by atoms with E-state index < -0.39 is 11.9 Å². The van der Waals surface area contributed by atoms with Gasteiger partial charge in [-0.3, -0.25) is 4.79 Å². The van der Waals surface area contributed by atoms with E-state index in [2.05, 4.69) is 26.5 Å². The van der Waals surface area contributed by atoms with Crippen LogP contribution in [0.25, 0.3) is 10.8 Å². The van der Waals surface area contributed by atoms with Gasteiger partial charge in [-0.25, -0.2) is 10.2 Å². The predicted molar refractivity (Wildman–Crippen MR) is 135 cm³/mol. The number of rotatable bonds is 7. The molecule has 0 aliphatic carbocycles. The largest absolute Gasteiger partial charge is 0.484 e. The molecule has 0 saturated carbocycles. The lowest BCUT2D eigenvalue weighted by Gasteiger charge is -2.09. The van der Waals surface area contributed by atoms with Crippen molar-refractivity contribution in [3.8, 4) is 11.5 Å². The maximum atomic E-state index is 12.5. The summed E-state index contributed by atoms with van der Waals surface area (Å²) in [6, 6.07) is 25.8. The zero-order chi connectivity index (χ0) is 23.9. The minimum absolute atomic E-state index is 0.191. The molecule has 0 spiro atoms. The van der Waals surface area contributed by atoms with E-state index >= 15 is 0 Å². The maximum absolute atomic E-state index is 12.5. The lowest BCUT2D eigenvalue weighted by molar-refractivity contribution is -0.123. The Morgan fingerprint density at radius 1 is 0.941 bits per heavy atom. The van der Waals surface area contributed by atoms with Crippen molar-refractivity contribution in [1.29, 1.82) is 0 Å². The number of amides is 1. The van der Waals surface area contributed by atoms with Gasteiger partial charge in [-0.1, -0.05) is 64.0 Å². The first kappa shape index (κ1) is 23.2. The predicted octanol–water partition coefficient (Wildman–Crippen LogP) is 5.66. The molecule has 0 radical (unpaired) electrons. The Morgan fingerprint density at radius 3 is 2.59 bits per heavy atom. The molecular weight excluding hydrogens is 496 g/mol. The standard InChI is InChI=1S/C27H21BrN2O4/c1-18-5-4-8-21(13-18)27(32)34-25-12-10-23(28)14-22(25)16-29-30-26(31)17-33-24-11-9-19-6-2-3-7-20(19)15-24/h2-16H,17H2,1H3,(H,30,31)/b29-16+. The molecular formula is C27H21BrN2O4. The molecule has 6 nitrogen and oxygen atoms in total. The number of fused-ring (bicyclic) bond motifs is 1. The van der Waals surface area contributed by atoms with Gasteiger partial charge >= 0.3 is 5.97 Å². The molecule has 4 aromatic carbocycles. The van der Waals surface area contributed by atoms with E-state index in [4.69, 9.17) is 9.47 Å². The summed E-state index contributed by atoms with van der Waals surface area (Å²) in [6.45, 7) is 1.71. The lowest BCUT2D eigenvalue weighted by Crippen LogP contribution is -2.24. The molecule has 4 rings (SSSR count). The quantitative estimate of drug-likeness (QED) is 0.149. The number of nitrogens with one attached hydrogen (secondary N) is 1. The van der Waals surface area contributed by atoms with Gasteiger partial charge in [-0.2, -0.15) is 5.10 Å². The summed E-state index contributed by atoms with van der Waals surface area (Å²) in [6.07, 6.45) is 1.41. The van der Waals surface area contributed by atoms with Crippen LogP contribution in [0.2, 0.25) is 0 Å². The first-order valence-electron chi connectivity index (χ1n) is 10.5. The first-order valence-corrected chi connectivity index (χ1v) is 11.3. The zero-order valence-electron chi connectivity index (χ0n) is 18.3. The summed E-state index contributed by atoms with van der Waals surface area (Å²) in [5.74, 6) is 0.0153. The molecule has 1 amide bonds. The number of aryl methyl sites for hydroxylation is 1. The number of benzene rings is 4. The Hall–Kier alpha value is -3.97. The number of carbonyl (C=O) groups excluding carboxylic acids is 2. The van der Waals surface area contributed by atoms with Crippen molar-refractivity contribution in [3.63, 3.8) is 0 Å². The van der Waals surface area contributed by atoms with Gasteiger partial charge in [-0.15, -0.1) is 0 Å². The summed E-state index contributed by atoms with van der Waals surface area (Å²) in [7, 11) is 0. The van der Waals surface area contributed by atoms with E-state index in [1.54, 1.807) is 36.4 Å². The van der Waals surface area contributed by atoms with Crippen molar-refractivity contribution in [2.45, 2.75) is 6.92 Å². The van der Waals surface area contributed by atoms with Gasteiger partial charge in [0.15, 0.2) is 6.61 Å². The topological polar surface area (TPSA) is 77.0 Å². The highest BCUT2D eigenvalue weighted by molar-refractivity contribution is 9.10. The van der Waals surface area contributed by atoms with Gasteiger partial charge in [-0.05, 0) is 60.2 Å². The van der Waals surface area contributed by atoms with Gasteiger partial charge < -0.3 is 9.47 Å². The molecule has 4 aromatic rings. The fourth-order valence-corrected chi connectivity index (χ4v) is 3.63. The number of esters is 1. The summed E-state index contributed by atoms with van der Waals surface area (Å²) in [4.78, 5) is 24.7. The summed E-state index contributed by atoms with van der Waals surface area (Å²) in [5, 5.41) is 6.11. The van der Waals surface area contributed by atoms with E-state index in [9.17, 15) is 9.59 Å². The van der Waals surface area contributed by atoms with Crippen molar-refractivity contribution in [2.75, 3.05) is 6.61 Å². The molecule has 0 fully saturated rings. The van der Waals surface area contributed by atoms with Gasteiger partial charge in [0.05, 0.1) is 11.8 Å². The average molecular weight is 517 g/mol. The van der Waals surface area contributed by atoms with Crippen LogP contribution in [-0.2, 0) is 4.79 Å². The Bertz CT molecular complexity index is 1380. The highest BCUT2D eigenvalue weighted by atomic mass is 79.9. The molecule has 0 aliphatic heterocycles. The van der Waals surface area contributed by atoms with Gasteiger partial charge in [0, 0.05) is 10.0 Å². The van der Waals surface area contributed by atoms with Crippen molar-refractivity contribution >= 4 is 44.8 Å². The van der Waals surface area contributed by atoms with Crippen LogP contribution in [0, 0.1) is 6.92 Å². The van der Waals surface area contributed by atoms with E-state index in [0.29, 0.717) is 22.6 Å². The Kier molecular flexibility index (Phi) is 7.34. The molecule has 7 heteroatoms. The number of hydrogen-bond donors (Lipinski definition) is 1. The molecule has 0 saturated heterocycles. The van der Waals surface area contributed by atoms with Crippen molar-refractivity contribution in [1.82, 2.24) is 5.43 Å². The maximum Gasteiger partial charge on any atom is 0.343 e.